The maximum atomic E-state index is 13.6. The molecular weight excluding hydrogens is 436 g/mol. The van der Waals surface area contributed by atoms with Gasteiger partial charge in [-0.15, -0.1) is 0 Å². The summed E-state index contributed by atoms with van der Waals surface area (Å²) in [5.41, 5.74) is 2.02. The molecule has 11 heteroatoms. The van der Waals surface area contributed by atoms with Gasteiger partial charge in [0.1, 0.15) is 24.0 Å². The highest BCUT2D eigenvalue weighted by Gasteiger charge is 2.34. The van der Waals surface area contributed by atoms with Crippen molar-refractivity contribution in [3.05, 3.63) is 24.5 Å². The van der Waals surface area contributed by atoms with E-state index < -0.39 is 12.1 Å². The van der Waals surface area contributed by atoms with Gasteiger partial charge in [0.25, 0.3) is 0 Å². The van der Waals surface area contributed by atoms with Crippen molar-refractivity contribution in [3.63, 3.8) is 0 Å². The monoisotopic (exact) mass is 468 g/mol. The van der Waals surface area contributed by atoms with Gasteiger partial charge in [-0.1, -0.05) is 0 Å². The first-order valence-electron chi connectivity index (χ1n) is 11.6. The van der Waals surface area contributed by atoms with Crippen LogP contribution in [0.25, 0.3) is 22.6 Å². The predicted molar refractivity (Wildman–Crippen MR) is 127 cm³/mol. The fraction of sp³-hybridized carbons (Fsp3) is 0.565. The van der Waals surface area contributed by atoms with E-state index in [1.807, 2.05) is 44.1 Å². The molecule has 1 aliphatic rings. The average Bonchev–Trinajstić information content (AvgIpc) is 3.21. The second-order valence-electron chi connectivity index (χ2n) is 8.66. The summed E-state index contributed by atoms with van der Waals surface area (Å²) in [6.45, 7) is 11.4. The number of amides is 1. The summed E-state index contributed by atoms with van der Waals surface area (Å²) in [5.74, 6) is 1.79. The Morgan fingerprint density at radius 2 is 1.88 bits per heavy atom. The summed E-state index contributed by atoms with van der Waals surface area (Å²) in [6.07, 6.45) is 4.51. The zero-order valence-corrected chi connectivity index (χ0v) is 20.5. The minimum Gasteiger partial charge on any atom is -0.379 e. The first kappa shape index (κ1) is 24.0. The van der Waals surface area contributed by atoms with Crippen LogP contribution in [0.1, 0.15) is 33.5 Å². The Hall–Kier alpha value is -3.18. The minimum atomic E-state index is -0.654. The van der Waals surface area contributed by atoms with Crippen molar-refractivity contribution in [1.29, 1.82) is 0 Å². The van der Waals surface area contributed by atoms with Crippen LogP contribution in [0.15, 0.2) is 18.7 Å². The highest BCUT2D eigenvalue weighted by Crippen LogP contribution is 2.27. The molecule has 11 nitrogen and oxygen atoms in total. The number of ether oxygens (including phenoxy) is 2. The average molecular weight is 469 g/mol. The van der Waals surface area contributed by atoms with Crippen LogP contribution in [-0.4, -0.2) is 84.8 Å². The van der Waals surface area contributed by atoms with Gasteiger partial charge in [0.15, 0.2) is 17.0 Å². The maximum absolute atomic E-state index is 13.6. The molecule has 1 N–H and O–H groups in total. The minimum absolute atomic E-state index is 0.0310. The number of imidazole rings is 1. The van der Waals surface area contributed by atoms with Crippen LogP contribution in [0.2, 0.25) is 0 Å². The molecular formula is C23H32N8O3. The highest BCUT2D eigenvalue weighted by molar-refractivity contribution is 5.91. The molecule has 0 aliphatic carbocycles. The lowest BCUT2D eigenvalue weighted by Gasteiger charge is -2.38. The van der Waals surface area contributed by atoms with Gasteiger partial charge in [0, 0.05) is 39.1 Å². The van der Waals surface area contributed by atoms with Crippen LogP contribution >= 0.6 is 0 Å². The number of methoxy groups -OCH3 is 1. The Kier molecular flexibility index (Phi) is 7.03. The summed E-state index contributed by atoms with van der Waals surface area (Å²) in [4.78, 5) is 37.7. The number of anilines is 1. The van der Waals surface area contributed by atoms with Crippen molar-refractivity contribution >= 4 is 22.9 Å². The van der Waals surface area contributed by atoms with Crippen LogP contribution in [0.5, 0.6) is 0 Å². The zero-order valence-electron chi connectivity index (χ0n) is 20.5. The maximum Gasteiger partial charge on any atom is 0.247 e. The number of rotatable bonds is 7. The molecule has 1 saturated heterocycles. The summed E-state index contributed by atoms with van der Waals surface area (Å²) in [6, 6.07) is -0.654. The van der Waals surface area contributed by atoms with E-state index in [0.717, 1.165) is 5.56 Å². The molecule has 182 valence electrons. The normalized spacial score (nSPS) is 20.4. The van der Waals surface area contributed by atoms with E-state index in [1.54, 1.807) is 19.5 Å². The quantitative estimate of drug-likeness (QED) is 0.555. The van der Waals surface area contributed by atoms with Gasteiger partial charge in [-0.3, -0.25) is 4.79 Å². The van der Waals surface area contributed by atoms with Crippen LogP contribution in [0, 0.1) is 6.92 Å². The van der Waals surface area contributed by atoms with Crippen LogP contribution < -0.4 is 5.32 Å². The van der Waals surface area contributed by atoms with Crippen molar-refractivity contribution in [2.75, 3.05) is 25.5 Å². The van der Waals surface area contributed by atoms with E-state index in [-0.39, 0.29) is 18.1 Å². The first-order valence-corrected chi connectivity index (χ1v) is 11.6. The second-order valence-corrected chi connectivity index (χ2v) is 8.66. The molecule has 1 aliphatic heterocycles. The topological polar surface area (TPSA) is 120 Å². The number of carbonyl (C=O) groups is 1. The molecule has 3 aromatic rings. The molecule has 0 bridgehead atoms. The Labute approximate surface area is 198 Å². The summed E-state index contributed by atoms with van der Waals surface area (Å²) in [5, 5.41) is 3.31. The Balaban J connectivity index is 1.71. The van der Waals surface area contributed by atoms with Crippen LogP contribution in [0.4, 0.5) is 5.82 Å². The lowest BCUT2D eigenvalue weighted by molar-refractivity contribution is -0.146. The number of hydrogen-bond acceptors (Lipinski definition) is 9. The number of nitrogens with one attached hydrogen (secondary N) is 1. The number of fused-ring (bicyclic) bond motifs is 1. The fourth-order valence-electron chi connectivity index (χ4n) is 4.29. The molecule has 0 spiro atoms. The number of morpholine rings is 1. The molecule has 4 heterocycles. The molecule has 0 saturated carbocycles. The molecule has 0 radical (unpaired) electrons. The van der Waals surface area contributed by atoms with E-state index >= 15 is 0 Å². The van der Waals surface area contributed by atoms with Crippen molar-refractivity contribution in [1.82, 2.24) is 34.4 Å². The molecule has 4 atom stereocenters. The fourth-order valence-corrected chi connectivity index (χ4v) is 4.29. The van der Waals surface area contributed by atoms with Gasteiger partial charge in [0.2, 0.25) is 5.91 Å². The van der Waals surface area contributed by atoms with Gasteiger partial charge in [0.05, 0.1) is 23.9 Å². The number of nitrogens with zero attached hydrogens (tertiary/aromatic N) is 7. The summed E-state index contributed by atoms with van der Waals surface area (Å²) in [7, 11) is 1.59. The largest absolute Gasteiger partial charge is 0.379 e. The molecule has 34 heavy (non-hydrogen) atoms. The van der Waals surface area contributed by atoms with Gasteiger partial charge in [-0.2, -0.15) is 0 Å². The van der Waals surface area contributed by atoms with E-state index in [2.05, 4.69) is 25.3 Å². The van der Waals surface area contributed by atoms with Gasteiger partial charge in [-0.05, 0) is 34.6 Å². The number of aryl methyl sites for hydroxylation is 2. The van der Waals surface area contributed by atoms with E-state index in [0.29, 0.717) is 48.3 Å². The first-order chi connectivity index (χ1) is 16.3. The molecule has 3 aromatic heterocycles. The zero-order chi connectivity index (χ0) is 24.4. The SMILES string of the molecule is CCn1c(-c2cnc(C)nc2)nc2c(NC(C(=O)N3CC(C)OC(C)C3)C(C)OC)ncnc21. The Morgan fingerprint density at radius 1 is 1.21 bits per heavy atom. The highest BCUT2D eigenvalue weighted by atomic mass is 16.5. The van der Waals surface area contributed by atoms with Crippen molar-refractivity contribution in [3.8, 4) is 11.4 Å². The second kappa shape index (κ2) is 9.98. The third-order valence-electron chi connectivity index (χ3n) is 6.02. The third kappa shape index (κ3) is 4.71. The lowest BCUT2D eigenvalue weighted by atomic mass is 10.1. The van der Waals surface area contributed by atoms with E-state index in [9.17, 15) is 4.79 Å². The summed E-state index contributed by atoms with van der Waals surface area (Å²) >= 11 is 0. The standard InChI is InChI=1S/C23H32N8O3/c1-7-31-21(17-8-24-16(5)25-9-17)29-19-20(26-12-27-22(19)31)28-18(15(4)33-6)23(32)30-10-13(2)34-14(3)11-30/h8-9,12-15,18H,7,10-11H2,1-6H3,(H,26,27,28). The van der Waals surface area contributed by atoms with Gasteiger partial charge < -0.3 is 24.3 Å². The van der Waals surface area contributed by atoms with Crippen LogP contribution in [0.3, 0.4) is 0 Å². The van der Waals surface area contributed by atoms with E-state index in [1.165, 1.54) is 6.33 Å². The van der Waals surface area contributed by atoms with Crippen molar-refractivity contribution in [2.45, 2.75) is 65.5 Å². The summed E-state index contributed by atoms with van der Waals surface area (Å²) < 4.78 is 13.3. The van der Waals surface area contributed by atoms with Crippen molar-refractivity contribution in [2.24, 2.45) is 0 Å². The number of hydrogen-bond donors (Lipinski definition) is 1. The Bertz CT molecular complexity index is 1140. The third-order valence-corrected chi connectivity index (χ3v) is 6.02. The lowest BCUT2D eigenvalue weighted by Crippen LogP contribution is -2.55. The van der Waals surface area contributed by atoms with Crippen molar-refractivity contribution < 1.29 is 14.3 Å². The Morgan fingerprint density at radius 3 is 2.50 bits per heavy atom. The predicted octanol–water partition coefficient (Wildman–Crippen LogP) is 2.06. The van der Waals surface area contributed by atoms with E-state index in [4.69, 9.17) is 14.5 Å². The number of aromatic nitrogens is 6. The van der Waals surface area contributed by atoms with Crippen LogP contribution in [-0.2, 0) is 20.8 Å². The molecule has 0 aromatic carbocycles. The number of carbonyl (C=O) groups excluding carboxylic acids is 1. The molecule has 4 unspecified atom stereocenters. The smallest absolute Gasteiger partial charge is 0.247 e. The van der Waals surface area contributed by atoms with Gasteiger partial charge >= 0.3 is 0 Å². The van der Waals surface area contributed by atoms with Gasteiger partial charge in [-0.25, -0.2) is 24.9 Å². The molecule has 4 rings (SSSR count). The molecule has 1 fully saturated rings. The molecule has 1 amide bonds.